The number of amidine groups is 1. The number of hydrogen-bond donors (Lipinski definition) is 3. The molecular formula is C15H28N4O. The number of rotatable bonds is 2. The van der Waals surface area contributed by atoms with Gasteiger partial charge >= 0.3 is 6.03 Å². The quantitative estimate of drug-likeness (QED) is 0.536. The minimum atomic E-state index is -0.602. The highest BCUT2D eigenvalue weighted by atomic mass is 16.2. The normalized spacial score (nSPS) is 23.5. The average molecular weight is 280 g/mol. The van der Waals surface area contributed by atoms with Gasteiger partial charge in [0, 0.05) is 13.1 Å². The van der Waals surface area contributed by atoms with Gasteiger partial charge in [-0.3, -0.25) is 5.41 Å². The fraction of sp³-hybridized carbons (Fsp3) is 0.867. The van der Waals surface area contributed by atoms with Crippen molar-refractivity contribution >= 4 is 11.9 Å². The summed E-state index contributed by atoms with van der Waals surface area (Å²) < 4.78 is 0. The lowest BCUT2D eigenvalue weighted by Gasteiger charge is -2.38. The zero-order valence-electron chi connectivity index (χ0n) is 12.4. The van der Waals surface area contributed by atoms with E-state index in [1.807, 2.05) is 4.90 Å². The standard InChI is InChI=1S/C15H28N4O/c16-13(17)15(9-5-2-1-3-6-10-15)18-14(20)19-11-7-4-8-12-19/h1-12H2,(H3,16,17)(H,18,20). The Morgan fingerprint density at radius 1 is 0.950 bits per heavy atom. The summed E-state index contributed by atoms with van der Waals surface area (Å²) in [5.74, 6) is 0.129. The maximum Gasteiger partial charge on any atom is 0.318 e. The molecule has 0 aromatic rings. The lowest BCUT2D eigenvalue weighted by atomic mass is 9.83. The molecule has 4 N–H and O–H groups in total. The Labute approximate surface area is 121 Å². The molecule has 0 aromatic heterocycles. The van der Waals surface area contributed by atoms with E-state index in [9.17, 15) is 4.79 Å². The van der Waals surface area contributed by atoms with Gasteiger partial charge in [-0.2, -0.15) is 0 Å². The maximum absolute atomic E-state index is 12.4. The number of urea groups is 1. The van der Waals surface area contributed by atoms with Crippen molar-refractivity contribution in [1.29, 1.82) is 5.41 Å². The monoisotopic (exact) mass is 280 g/mol. The maximum atomic E-state index is 12.4. The molecule has 5 nitrogen and oxygen atoms in total. The zero-order chi connectivity index (χ0) is 14.4. The summed E-state index contributed by atoms with van der Waals surface area (Å²) in [5, 5.41) is 11.1. The number of piperidine rings is 1. The molecule has 1 saturated carbocycles. The Hall–Kier alpha value is -1.26. The van der Waals surface area contributed by atoms with Crippen LogP contribution in [0.3, 0.4) is 0 Å². The second-order valence-corrected chi connectivity index (χ2v) is 6.24. The summed E-state index contributed by atoms with van der Waals surface area (Å²) in [6, 6.07) is -0.0273. The molecule has 20 heavy (non-hydrogen) atoms. The van der Waals surface area contributed by atoms with Gasteiger partial charge in [0.25, 0.3) is 0 Å². The fourth-order valence-electron chi connectivity index (χ4n) is 3.35. The predicted octanol–water partition coefficient (Wildman–Crippen LogP) is 2.60. The van der Waals surface area contributed by atoms with Crippen molar-refractivity contribution in [2.24, 2.45) is 5.73 Å². The SMILES string of the molecule is N=C(N)C1(NC(=O)N2CCCCC2)CCCCCCC1. The minimum absolute atomic E-state index is 0.0273. The van der Waals surface area contributed by atoms with Crippen LogP contribution in [0, 0.1) is 5.41 Å². The number of carbonyl (C=O) groups is 1. The van der Waals surface area contributed by atoms with E-state index < -0.39 is 5.54 Å². The molecule has 1 heterocycles. The van der Waals surface area contributed by atoms with Crippen LogP contribution in [-0.4, -0.2) is 35.4 Å². The summed E-state index contributed by atoms with van der Waals surface area (Å²) in [4.78, 5) is 14.3. The molecule has 0 radical (unpaired) electrons. The van der Waals surface area contributed by atoms with Gasteiger partial charge in [0.05, 0.1) is 5.54 Å². The van der Waals surface area contributed by atoms with Crippen LogP contribution in [0.25, 0.3) is 0 Å². The van der Waals surface area contributed by atoms with E-state index in [4.69, 9.17) is 11.1 Å². The highest BCUT2D eigenvalue weighted by molar-refractivity contribution is 5.91. The lowest BCUT2D eigenvalue weighted by Crippen LogP contribution is -2.60. The van der Waals surface area contributed by atoms with E-state index >= 15 is 0 Å². The second kappa shape index (κ2) is 6.95. The van der Waals surface area contributed by atoms with Crippen molar-refractivity contribution in [3.05, 3.63) is 0 Å². The lowest BCUT2D eigenvalue weighted by molar-refractivity contribution is 0.174. The van der Waals surface area contributed by atoms with Crippen molar-refractivity contribution in [3.8, 4) is 0 Å². The molecule has 2 rings (SSSR count). The molecule has 114 valence electrons. The van der Waals surface area contributed by atoms with E-state index in [0.717, 1.165) is 51.6 Å². The molecule has 1 aliphatic heterocycles. The fourth-order valence-corrected chi connectivity index (χ4v) is 3.35. The van der Waals surface area contributed by atoms with Gasteiger partial charge in [0.15, 0.2) is 0 Å². The predicted molar refractivity (Wildman–Crippen MR) is 80.9 cm³/mol. The van der Waals surface area contributed by atoms with Gasteiger partial charge in [0.2, 0.25) is 0 Å². The molecule has 0 atom stereocenters. The van der Waals surface area contributed by atoms with Crippen molar-refractivity contribution < 1.29 is 4.79 Å². The number of likely N-dealkylation sites (tertiary alicyclic amines) is 1. The Bertz CT molecular complexity index is 342. The number of nitrogens with two attached hydrogens (primary N) is 1. The molecule has 2 amide bonds. The van der Waals surface area contributed by atoms with Crippen molar-refractivity contribution in [2.45, 2.75) is 69.7 Å². The summed E-state index contributed by atoms with van der Waals surface area (Å²) in [7, 11) is 0. The number of nitrogens with one attached hydrogen (secondary N) is 2. The van der Waals surface area contributed by atoms with Crippen LogP contribution in [0.15, 0.2) is 0 Å². The Kier molecular flexibility index (Phi) is 5.26. The van der Waals surface area contributed by atoms with E-state index in [0.29, 0.717) is 0 Å². The molecule has 1 saturated heterocycles. The number of amides is 2. The van der Waals surface area contributed by atoms with Crippen LogP contribution in [0.5, 0.6) is 0 Å². The van der Waals surface area contributed by atoms with Crippen LogP contribution in [-0.2, 0) is 0 Å². The summed E-state index contributed by atoms with van der Waals surface area (Å²) >= 11 is 0. The third kappa shape index (κ3) is 3.64. The van der Waals surface area contributed by atoms with Crippen LogP contribution >= 0.6 is 0 Å². The highest BCUT2D eigenvalue weighted by Crippen LogP contribution is 2.27. The molecule has 0 spiro atoms. The van der Waals surface area contributed by atoms with Gasteiger partial charge in [0.1, 0.15) is 5.84 Å². The smallest absolute Gasteiger partial charge is 0.318 e. The van der Waals surface area contributed by atoms with E-state index in [1.54, 1.807) is 0 Å². The molecule has 2 aliphatic rings. The van der Waals surface area contributed by atoms with Crippen LogP contribution < -0.4 is 11.1 Å². The van der Waals surface area contributed by atoms with Gasteiger partial charge < -0.3 is 16.0 Å². The Balaban J connectivity index is 2.02. The summed E-state index contributed by atoms with van der Waals surface area (Å²) in [6.45, 7) is 1.67. The Morgan fingerprint density at radius 3 is 2.00 bits per heavy atom. The molecule has 0 aromatic carbocycles. The molecule has 0 bridgehead atoms. The Morgan fingerprint density at radius 2 is 1.45 bits per heavy atom. The third-order valence-electron chi connectivity index (χ3n) is 4.71. The topological polar surface area (TPSA) is 82.2 Å². The largest absolute Gasteiger partial charge is 0.386 e. The second-order valence-electron chi connectivity index (χ2n) is 6.24. The first kappa shape index (κ1) is 15.1. The van der Waals surface area contributed by atoms with E-state index in [2.05, 4.69) is 5.32 Å². The highest BCUT2D eigenvalue weighted by Gasteiger charge is 2.36. The first-order chi connectivity index (χ1) is 9.64. The molecule has 2 fully saturated rings. The van der Waals surface area contributed by atoms with Crippen molar-refractivity contribution in [3.63, 3.8) is 0 Å². The molecular weight excluding hydrogens is 252 g/mol. The van der Waals surface area contributed by atoms with Gasteiger partial charge in [-0.15, -0.1) is 0 Å². The van der Waals surface area contributed by atoms with Crippen molar-refractivity contribution in [2.75, 3.05) is 13.1 Å². The summed E-state index contributed by atoms with van der Waals surface area (Å²) in [5.41, 5.74) is 5.25. The van der Waals surface area contributed by atoms with Crippen molar-refractivity contribution in [1.82, 2.24) is 10.2 Å². The van der Waals surface area contributed by atoms with Gasteiger partial charge in [-0.25, -0.2) is 4.79 Å². The van der Waals surface area contributed by atoms with Gasteiger partial charge in [-0.05, 0) is 32.1 Å². The van der Waals surface area contributed by atoms with Crippen LogP contribution in [0.1, 0.15) is 64.2 Å². The minimum Gasteiger partial charge on any atom is -0.386 e. The van der Waals surface area contributed by atoms with Gasteiger partial charge in [-0.1, -0.05) is 32.1 Å². The van der Waals surface area contributed by atoms with Crippen LogP contribution in [0.2, 0.25) is 0 Å². The molecule has 5 heteroatoms. The summed E-state index contributed by atoms with van der Waals surface area (Å²) in [6.07, 6.45) is 10.7. The molecule has 0 unspecified atom stereocenters. The third-order valence-corrected chi connectivity index (χ3v) is 4.71. The molecule has 1 aliphatic carbocycles. The first-order valence-corrected chi connectivity index (χ1v) is 8.06. The average Bonchev–Trinajstić information content (AvgIpc) is 2.42. The number of nitrogens with zero attached hydrogens (tertiary/aromatic N) is 1. The van der Waals surface area contributed by atoms with E-state index in [1.165, 1.54) is 25.7 Å². The van der Waals surface area contributed by atoms with E-state index in [-0.39, 0.29) is 11.9 Å². The number of carbonyl (C=O) groups excluding carboxylic acids is 1. The van der Waals surface area contributed by atoms with Crippen LogP contribution in [0.4, 0.5) is 4.79 Å². The number of hydrogen-bond acceptors (Lipinski definition) is 2. The zero-order valence-corrected chi connectivity index (χ0v) is 12.4. The first-order valence-electron chi connectivity index (χ1n) is 8.06.